The third kappa shape index (κ3) is 9.51. The number of alkyl halides is 6. The molecule has 2 saturated heterocycles. The lowest BCUT2D eigenvalue weighted by molar-refractivity contribution is -0.193. The molecule has 0 saturated carbocycles. The molecule has 0 aliphatic carbocycles. The Labute approximate surface area is 189 Å². The van der Waals surface area contributed by atoms with E-state index < -0.39 is 24.3 Å². The van der Waals surface area contributed by atoms with Crippen LogP contribution in [0.4, 0.5) is 26.3 Å². The lowest BCUT2D eigenvalue weighted by Gasteiger charge is -2.35. The molecular weight excluding hydrogens is 480 g/mol. The third-order valence-corrected chi connectivity index (χ3v) is 4.78. The second kappa shape index (κ2) is 12.5. The minimum atomic E-state index is -5.08. The molecular formula is C19H23F6N3O6. The molecule has 2 aliphatic rings. The number of amides is 1. The van der Waals surface area contributed by atoms with Gasteiger partial charge in [0.1, 0.15) is 6.10 Å². The Kier molecular flexibility index (Phi) is 10.7. The number of carbonyl (C=O) groups excluding carboxylic acids is 1. The van der Waals surface area contributed by atoms with Gasteiger partial charge in [-0.2, -0.15) is 26.3 Å². The van der Waals surface area contributed by atoms with Crippen LogP contribution in [0, 0.1) is 0 Å². The third-order valence-electron chi connectivity index (χ3n) is 4.78. The van der Waals surface area contributed by atoms with Crippen molar-refractivity contribution in [3.05, 3.63) is 30.1 Å². The number of pyridine rings is 1. The van der Waals surface area contributed by atoms with Crippen molar-refractivity contribution in [1.82, 2.24) is 15.2 Å². The van der Waals surface area contributed by atoms with Gasteiger partial charge in [-0.25, -0.2) is 9.59 Å². The van der Waals surface area contributed by atoms with Gasteiger partial charge in [-0.15, -0.1) is 0 Å². The summed E-state index contributed by atoms with van der Waals surface area (Å²) in [5, 5.41) is 16.9. The van der Waals surface area contributed by atoms with E-state index in [0.29, 0.717) is 6.04 Å². The molecule has 1 aromatic rings. The molecule has 2 aliphatic heterocycles. The maximum absolute atomic E-state index is 11.7. The van der Waals surface area contributed by atoms with Gasteiger partial charge in [0.2, 0.25) is 5.91 Å². The number of fused-ring (bicyclic) bond motifs is 1. The summed E-state index contributed by atoms with van der Waals surface area (Å²) in [5.41, 5.74) is 1.10. The number of likely N-dealkylation sites (N-methyl/N-ethyl adjacent to an activating group) is 1. The van der Waals surface area contributed by atoms with Gasteiger partial charge in [0.15, 0.2) is 0 Å². The molecule has 0 aromatic carbocycles. The van der Waals surface area contributed by atoms with Crippen molar-refractivity contribution in [2.24, 2.45) is 0 Å². The number of ether oxygens (including phenoxy) is 1. The number of carbonyl (C=O) groups is 3. The van der Waals surface area contributed by atoms with Gasteiger partial charge in [0.05, 0.1) is 11.8 Å². The number of carboxylic acids is 2. The molecule has 0 spiro atoms. The highest BCUT2D eigenvalue weighted by Gasteiger charge is 2.41. The Balaban J connectivity index is 0.000000343. The summed E-state index contributed by atoms with van der Waals surface area (Å²) in [6, 6.07) is 6.45. The highest BCUT2D eigenvalue weighted by atomic mass is 19.4. The zero-order valence-corrected chi connectivity index (χ0v) is 17.8. The van der Waals surface area contributed by atoms with Crippen LogP contribution < -0.4 is 5.32 Å². The molecule has 9 nitrogen and oxygen atoms in total. The molecule has 1 aromatic heterocycles. The minimum Gasteiger partial charge on any atom is -0.475 e. The second-order valence-corrected chi connectivity index (χ2v) is 7.11. The smallest absolute Gasteiger partial charge is 0.475 e. The fourth-order valence-corrected chi connectivity index (χ4v) is 3.26. The summed E-state index contributed by atoms with van der Waals surface area (Å²) < 4.78 is 69.4. The SMILES string of the molecule is CNC(=O)[C@H]1CC[C@@H]2[C@@H](CCN2Cc2ccccn2)O1.O=C(O)C(F)(F)F.O=C(O)C(F)(F)F. The number of rotatable bonds is 3. The quantitative estimate of drug-likeness (QED) is 0.536. The first-order valence-corrected chi connectivity index (χ1v) is 9.78. The Morgan fingerprint density at radius 3 is 2.06 bits per heavy atom. The monoisotopic (exact) mass is 503 g/mol. The van der Waals surface area contributed by atoms with Crippen molar-refractivity contribution in [2.75, 3.05) is 13.6 Å². The number of aliphatic carboxylic acids is 2. The van der Waals surface area contributed by atoms with E-state index in [2.05, 4.69) is 21.3 Å². The molecule has 3 heterocycles. The first-order chi connectivity index (χ1) is 15.7. The average molecular weight is 503 g/mol. The second-order valence-electron chi connectivity index (χ2n) is 7.11. The zero-order valence-electron chi connectivity index (χ0n) is 17.8. The fourth-order valence-electron chi connectivity index (χ4n) is 3.26. The van der Waals surface area contributed by atoms with Gasteiger partial charge in [-0.1, -0.05) is 6.07 Å². The summed E-state index contributed by atoms with van der Waals surface area (Å²) in [7, 11) is 1.67. The number of nitrogens with one attached hydrogen (secondary N) is 1. The van der Waals surface area contributed by atoms with E-state index >= 15 is 0 Å². The zero-order chi connectivity index (χ0) is 26.1. The Morgan fingerprint density at radius 2 is 1.62 bits per heavy atom. The predicted octanol–water partition coefficient (Wildman–Crippen LogP) is 2.22. The van der Waals surface area contributed by atoms with Gasteiger partial charge < -0.3 is 20.3 Å². The highest BCUT2D eigenvalue weighted by Crippen LogP contribution is 2.32. The van der Waals surface area contributed by atoms with Crippen molar-refractivity contribution in [1.29, 1.82) is 0 Å². The van der Waals surface area contributed by atoms with Crippen LogP contribution in [0.1, 0.15) is 25.0 Å². The molecule has 3 rings (SSSR count). The van der Waals surface area contributed by atoms with E-state index in [9.17, 15) is 31.1 Å². The molecule has 0 unspecified atom stereocenters. The number of aromatic nitrogens is 1. The van der Waals surface area contributed by atoms with E-state index in [-0.39, 0.29) is 18.1 Å². The van der Waals surface area contributed by atoms with Crippen LogP contribution in [0.3, 0.4) is 0 Å². The van der Waals surface area contributed by atoms with Crippen LogP contribution in [0.25, 0.3) is 0 Å². The Hall–Kier alpha value is -2.94. The molecule has 3 N–H and O–H groups in total. The normalized spacial score (nSPS) is 22.3. The maximum Gasteiger partial charge on any atom is 0.490 e. The fraction of sp³-hybridized carbons (Fsp3) is 0.579. The van der Waals surface area contributed by atoms with E-state index in [1.54, 1.807) is 7.05 Å². The van der Waals surface area contributed by atoms with Crippen LogP contribution in [0.15, 0.2) is 24.4 Å². The largest absolute Gasteiger partial charge is 0.490 e. The number of halogens is 6. The summed E-state index contributed by atoms with van der Waals surface area (Å²) in [6.45, 7) is 1.89. The number of likely N-dealkylation sites (tertiary alicyclic amines) is 1. The van der Waals surface area contributed by atoms with Gasteiger partial charge >= 0.3 is 24.3 Å². The standard InChI is InChI=1S/C15H21N3O2.2C2HF3O2/c1-16-15(19)14-6-5-12-13(20-14)7-9-18(12)10-11-4-2-3-8-17-11;2*3-2(4,5)1(6)7/h2-4,8,12-14H,5-7,9-10H2,1H3,(H,16,19);2*(H,6,7)/t12-,13-,14-;;/m1../s1. The lowest BCUT2D eigenvalue weighted by Crippen LogP contribution is -2.47. The first kappa shape index (κ1) is 29.1. The molecule has 15 heteroatoms. The first-order valence-electron chi connectivity index (χ1n) is 9.78. The van der Waals surface area contributed by atoms with Crippen LogP contribution in [-0.4, -0.2) is 82.1 Å². The van der Waals surface area contributed by atoms with Crippen molar-refractivity contribution >= 4 is 17.8 Å². The molecule has 2 fully saturated rings. The molecule has 192 valence electrons. The minimum absolute atomic E-state index is 0.00614. The Morgan fingerprint density at radius 1 is 1.06 bits per heavy atom. The van der Waals surface area contributed by atoms with Crippen LogP contribution >= 0.6 is 0 Å². The van der Waals surface area contributed by atoms with Gasteiger partial charge in [-0.3, -0.25) is 14.7 Å². The summed E-state index contributed by atoms with van der Waals surface area (Å²) >= 11 is 0. The molecule has 0 bridgehead atoms. The van der Waals surface area contributed by atoms with Crippen LogP contribution in [0.5, 0.6) is 0 Å². The number of nitrogens with zero attached hydrogens (tertiary/aromatic N) is 2. The van der Waals surface area contributed by atoms with Gasteiger partial charge in [-0.05, 0) is 31.4 Å². The predicted molar refractivity (Wildman–Crippen MR) is 102 cm³/mol. The van der Waals surface area contributed by atoms with E-state index in [0.717, 1.165) is 38.0 Å². The number of hydrogen-bond donors (Lipinski definition) is 3. The van der Waals surface area contributed by atoms with E-state index in [4.69, 9.17) is 24.5 Å². The van der Waals surface area contributed by atoms with Crippen molar-refractivity contribution in [3.8, 4) is 0 Å². The average Bonchev–Trinajstić information content (AvgIpc) is 3.15. The molecule has 3 atom stereocenters. The van der Waals surface area contributed by atoms with Gasteiger partial charge in [0, 0.05) is 32.4 Å². The summed E-state index contributed by atoms with van der Waals surface area (Å²) in [5.74, 6) is -5.51. The van der Waals surface area contributed by atoms with Crippen LogP contribution in [0.2, 0.25) is 0 Å². The van der Waals surface area contributed by atoms with E-state index in [1.165, 1.54) is 0 Å². The lowest BCUT2D eigenvalue weighted by atomic mass is 9.98. The molecule has 0 radical (unpaired) electrons. The summed E-state index contributed by atoms with van der Waals surface area (Å²) in [6.07, 6.45) is -5.58. The number of hydrogen-bond acceptors (Lipinski definition) is 6. The van der Waals surface area contributed by atoms with Crippen molar-refractivity contribution < 1.29 is 55.7 Å². The molecule has 34 heavy (non-hydrogen) atoms. The topological polar surface area (TPSA) is 129 Å². The maximum atomic E-state index is 11.7. The number of carboxylic acid groups (broad SMARTS) is 2. The molecule has 1 amide bonds. The van der Waals surface area contributed by atoms with Crippen molar-refractivity contribution in [2.45, 2.75) is 56.4 Å². The summed E-state index contributed by atoms with van der Waals surface area (Å²) in [4.78, 5) is 36.3. The van der Waals surface area contributed by atoms with Gasteiger partial charge in [0.25, 0.3) is 0 Å². The van der Waals surface area contributed by atoms with E-state index in [1.807, 2.05) is 18.3 Å². The van der Waals surface area contributed by atoms with Crippen molar-refractivity contribution in [3.63, 3.8) is 0 Å². The van der Waals surface area contributed by atoms with Crippen LogP contribution in [-0.2, 0) is 25.7 Å². The highest BCUT2D eigenvalue weighted by molar-refractivity contribution is 5.80. The Bertz CT molecular complexity index is 797.